The van der Waals surface area contributed by atoms with Crippen molar-refractivity contribution in [3.8, 4) is 0 Å². The minimum Gasteiger partial charge on any atom is -0.379 e. The first-order valence-electron chi connectivity index (χ1n) is 20.0. The Morgan fingerprint density at radius 3 is 1.45 bits per heavy atom. The fourth-order valence-corrected chi connectivity index (χ4v) is 5.96. The molecule has 4 N–H and O–H groups in total. The quantitative estimate of drug-likeness (QED) is 0.0564. The molecular formula is C39H80ClN3O4. The Balaban J connectivity index is 0. The summed E-state index contributed by atoms with van der Waals surface area (Å²) in [5.41, 5.74) is 5.62. The minimum absolute atomic E-state index is 0. The Morgan fingerprint density at radius 1 is 0.596 bits per heavy atom. The molecule has 0 aromatic rings. The van der Waals surface area contributed by atoms with E-state index < -0.39 is 6.04 Å². The number of carbonyl (C=O) groups excluding carboxylic acids is 2. The summed E-state index contributed by atoms with van der Waals surface area (Å²) in [6.45, 7) is 8.87. The summed E-state index contributed by atoms with van der Waals surface area (Å²) in [5.74, 6) is -0.356. The molecule has 0 rings (SSSR count). The molecular weight excluding hydrogens is 610 g/mol. The van der Waals surface area contributed by atoms with Gasteiger partial charge in [0.25, 0.3) is 0 Å². The average molecular weight is 691 g/mol. The summed E-state index contributed by atoms with van der Waals surface area (Å²) in [5, 5.41) is 5.81. The summed E-state index contributed by atoms with van der Waals surface area (Å²) in [6.07, 6.45) is 33.8. The van der Waals surface area contributed by atoms with Crippen LogP contribution in [0.1, 0.15) is 194 Å². The number of halogens is 1. The smallest absolute Gasteiger partial charge is 0.242 e. The topological polar surface area (TPSA) is 103 Å². The van der Waals surface area contributed by atoms with E-state index in [0.29, 0.717) is 32.7 Å². The largest absolute Gasteiger partial charge is 0.379 e. The molecule has 0 aromatic heterocycles. The van der Waals surface area contributed by atoms with Gasteiger partial charge in [-0.2, -0.15) is 0 Å². The van der Waals surface area contributed by atoms with Crippen molar-refractivity contribution in [3.05, 3.63) is 0 Å². The van der Waals surface area contributed by atoms with Gasteiger partial charge >= 0.3 is 0 Å². The molecule has 0 aromatic carbocycles. The maximum atomic E-state index is 12.9. The predicted octanol–water partition coefficient (Wildman–Crippen LogP) is 9.96. The van der Waals surface area contributed by atoms with E-state index in [9.17, 15) is 9.59 Å². The van der Waals surface area contributed by atoms with Gasteiger partial charge in [0.15, 0.2) is 0 Å². The highest BCUT2D eigenvalue weighted by molar-refractivity contribution is 5.86. The third-order valence-electron chi connectivity index (χ3n) is 8.94. The second kappa shape index (κ2) is 39.5. The van der Waals surface area contributed by atoms with Gasteiger partial charge in [0.2, 0.25) is 11.8 Å². The molecule has 0 aliphatic rings. The summed E-state index contributed by atoms with van der Waals surface area (Å²) < 4.78 is 12.2. The molecule has 0 aliphatic carbocycles. The standard InChI is InChI=1S/C39H79N3O4.ClH/c1-4-6-8-10-12-14-16-18-20-22-24-28-32-45-35-37(34-41-39(44)38(42-36(3)43)30-26-27-31-40)46-33-29-25-23-21-19-17-15-13-11-9-7-5-2;/h37-38H,4-35,40H2,1-3H3,(H,41,44)(H,42,43);1H/t37?,38-;/m0./s1. The van der Waals surface area contributed by atoms with E-state index in [-0.39, 0.29) is 30.3 Å². The summed E-state index contributed by atoms with van der Waals surface area (Å²) in [7, 11) is 0. The number of nitrogens with two attached hydrogens (primary N) is 1. The number of carbonyl (C=O) groups is 2. The molecule has 0 fully saturated rings. The van der Waals surface area contributed by atoms with Gasteiger partial charge in [0.1, 0.15) is 6.04 Å². The molecule has 0 spiro atoms. The summed E-state index contributed by atoms with van der Waals surface area (Å²) >= 11 is 0. The van der Waals surface area contributed by atoms with Crippen LogP contribution in [0.3, 0.4) is 0 Å². The van der Waals surface area contributed by atoms with Crippen LogP contribution in [-0.4, -0.2) is 56.9 Å². The molecule has 282 valence electrons. The van der Waals surface area contributed by atoms with E-state index in [2.05, 4.69) is 24.5 Å². The third-order valence-corrected chi connectivity index (χ3v) is 8.94. The Kier molecular flexibility index (Phi) is 40.6. The predicted molar refractivity (Wildman–Crippen MR) is 203 cm³/mol. The number of rotatable bonds is 37. The molecule has 0 radical (unpaired) electrons. The average Bonchev–Trinajstić information content (AvgIpc) is 3.04. The molecule has 7 nitrogen and oxygen atoms in total. The molecule has 0 saturated heterocycles. The van der Waals surface area contributed by atoms with Gasteiger partial charge in [-0.25, -0.2) is 0 Å². The molecule has 0 aliphatic heterocycles. The van der Waals surface area contributed by atoms with Crippen LogP contribution in [0, 0.1) is 0 Å². The van der Waals surface area contributed by atoms with Crippen molar-refractivity contribution in [2.45, 2.75) is 206 Å². The Bertz CT molecular complexity index is 656. The molecule has 0 heterocycles. The van der Waals surface area contributed by atoms with Crippen LogP contribution in [-0.2, 0) is 19.1 Å². The molecule has 0 bridgehead atoms. The molecule has 0 saturated carbocycles. The van der Waals surface area contributed by atoms with Crippen LogP contribution in [0.4, 0.5) is 0 Å². The Morgan fingerprint density at radius 2 is 1.02 bits per heavy atom. The lowest BCUT2D eigenvalue weighted by molar-refractivity contribution is -0.129. The van der Waals surface area contributed by atoms with Crippen LogP contribution in [0.5, 0.6) is 0 Å². The SMILES string of the molecule is CCCCCCCCCCCCCCOCC(CNC(=O)[C@H](CCCCN)NC(C)=O)OCCCCCCCCCCCCCC.Cl. The number of hydrogen-bond donors (Lipinski definition) is 3. The fraction of sp³-hybridized carbons (Fsp3) is 0.949. The van der Waals surface area contributed by atoms with E-state index in [4.69, 9.17) is 15.2 Å². The highest BCUT2D eigenvalue weighted by Crippen LogP contribution is 2.13. The van der Waals surface area contributed by atoms with Gasteiger partial charge in [-0.1, -0.05) is 155 Å². The van der Waals surface area contributed by atoms with Crippen molar-refractivity contribution in [3.63, 3.8) is 0 Å². The number of amides is 2. The molecule has 1 unspecified atom stereocenters. The zero-order chi connectivity index (χ0) is 33.8. The highest BCUT2D eigenvalue weighted by Gasteiger charge is 2.20. The van der Waals surface area contributed by atoms with Gasteiger partial charge in [-0.3, -0.25) is 9.59 Å². The number of nitrogens with one attached hydrogen (secondary N) is 2. The lowest BCUT2D eigenvalue weighted by Gasteiger charge is -2.22. The Hall–Kier alpha value is -0.890. The van der Waals surface area contributed by atoms with Gasteiger partial charge in [-0.15, -0.1) is 12.4 Å². The maximum Gasteiger partial charge on any atom is 0.242 e. The lowest BCUT2D eigenvalue weighted by Crippen LogP contribution is -2.48. The van der Waals surface area contributed by atoms with E-state index >= 15 is 0 Å². The fourth-order valence-electron chi connectivity index (χ4n) is 5.96. The molecule has 2 atom stereocenters. The first-order valence-corrected chi connectivity index (χ1v) is 20.0. The molecule has 47 heavy (non-hydrogen) atoms. The van der Waals surface area contributed by atoms with Gasteiger partial charge < -0.3 is 25.8 Å². The summed E-state index contributed by atoms with van der Waals surface area (Å²) in [4.78, 5) is 24.6. The van der Waals surface area contributed by atoms with Crippen molar-refractivity contribution in [1.29, 1.82) is 0 Å². The van der Waals surface area contributed by atoms with Crippen molar-refractivity contribution >= 4 is 24.2 Å². The molecule has 8 heteroatoms. The second-order valence-electron chi connectivity index (χ2n) is 13.6. The number of unbranched alkanes of at least 4 members (excludes halogenated alkanes) is 23. The third kappa shape index (κ3) is 36.2. The van der Waals surface area contributed by atoms with Gasteiger partial charge in [-0.05, 0) is 38.6 Å². The first-order chi connectivity index (χ1) is 22.5. The van der Waals surface area contributed by atoms with Gasteiger partial charge in [0.05, 0.1) is 12.7 Å². The Labute approximate surface area is 298 Å². The molecule has 2 amide bonds. The highest BCUT2D eigenvalue weighted by atomic mass is 35.5. The number of hydrogen-bond acceptors (Lipinski definition) is 5. The van der Waals surface area contributed by atoms with Crippen molar-refractivity contribution in [2.24, 2.45) is 5.73 Å². The van der Waals surface area contributed by atoms with Gasteiger partial charge in [0, 0.05) is 26.7 Å². The maximum absolute atomic E-state index is 12.9. The van der Waals surface area contributed by atoms with Crippen molar-refractivity contribution < 1.29 is 19.1 Å². The van der Waals surface area contributed by atoms with Crippen LogP contribution >= 0.6 is 12.4 Å². The van der Waals surface area contributed by atoms with Crippen LogP contribution in [0.25, 0.3) is 0 Å². The monoisotopic (exact) mass is 690 g/mol. The van der Waals surface area contributed by atoms with Crippen LogP contribution in [0.15, 0.2) is 0 Å². The normalized spacial score (nSPS) is 12.4. The van der Waals surface area contributed by atoms with E-state index in [1.54, 1.807) is 0 Å². The summed E-state index contributed by atoms with van der Waals surface area (Å²) in [6, 6.07) is -0.539. The first kappa shape index (κ1) is 48.2. The number of ether oxygens (including phenoxy) is 2. The minimum atomic E-state index is -0.539. The zero-order valence-corrected chi connectivity index (χ0v) is 32.2. The van der Waals surface area contributed by atoms with Crippen LogP contribution in [0.2, 0.25) is 0 Å². The van der Waals surface area contributed by atoms with E-state index in [1.807, 2.05) is 0 Å². The lowest BCUT2D eigenvalue weighted by atomic mass is 10.1. The van der Waals surface area contributed by atoms with Crippen molar-refractivity contribution in [1.82, 2.24) is 10.6 Å². The van der Waals surface area contributed by atoms with Crippen LogP contribution < -0.4 is 16.4 Å². The second-order valence-corrected chi connectivity index (χ2v) is 13.6. The zero-order valence-electron chi connectivity index (χ0n) is 31.4. The van der Waals surface area contributed by atoms with E-state index in [1.165, 1.54) is 148 Å². The van der Waals surface area contributed by atoms with Crippen molar-refractivity contribution in [2.75, 3.05) is 32.9 Å². The van der Waals surface area contributed by atoms with E-state index in [0.717, 1.165) is 32.3 Å².